The van der Waals surface area contributed by atoms with Crippen molar-refractivity contribution in [3.8, 4) is 0 Å². The molecule has 2 atom stereocenters. The number of hydrogen-bond donors (Lipinski definition) is 3. The van der Waals surface area contributed by atoms with E-state index >= 15 is 0 Å². The van der Waals surface area contributed by atoms with Crippen molar-refractivity contribution >= 4 is 23.4 Å². The maximum absolute atomic E-state index is 13.0. The Kier molecular flexibility index (Phi) is 7.25. The summed E-state index contributed by atoms with van der Waals surface area (Å²) >= 11 is 0. The minimum atomic E-state index is -1.02. The first-order valence-electron chi connectivity index (χ1n) is 14.3. The number of fused-ring (bicyclic) bond motifs is 1. The third kappa shape index (κ3) is 5.69. The summed E-state index contributed by atoms with van der Waals surface area (Å²) in [6, 6.07) is 15.6. The Hall–Kier alpha value is -4.18. The van der Waals surface area contributed by atoms with Crippen LogP contribution >= 0.6 is 0 Å². The molecule has 5 aliphatic rings. The fraction of sp³-hybridized carbons (Fsp3) is 0.419. The molecule has 3 fully saturated rings. The van der Waals surface area contributed by atoms with Gasteiger partial charge in [-0.2, -0.15) is 5.43 Å². The van der Waals surface area contributed by atoms with E-state index in [4.69, 9.17) is 5.11 Å². The number of rotatable bonds is 5. The smallest absolute Gasteiger partial charge is 0.354 e. The van der Waals surface area contributed by atoms with Gasteiger partial charge in [-0.1, -0.05) is 43.3 Å². The molecule has 214 valence electrons. The molecule has 0 radical (unpaired) electrons. The normalized spacial score (nSPS) is 24.2. The van der Waals surface area contributed by atoms with Crippen molar-refractivity contribution in [1.82, 2.24) is 25.6 Å². The minimum Gasteiger partial charge on any atom is -0.477 e. The lowest BCUT2D eigenvalue weighted by Gasteiger charge is -2.60. The number of likely N-dealkylation sites (tertiary alicyclic amines) is 1. The Morgan fingerprint density at radius 2 is 1.80 bits per heavy atom. The van der Waals surface area contributed by atoms with Gasteiger partial charge in [-0.25, -0.2) is 14.8 Å². The molecule has 10 nitrogen and oxygen atoms in total. The number of carbonyl (C=O) groups excluding carboxylic acids is 1. The predicted molar refractivity (Wildman–Crippen MR) is 157 cm³/mol. The molecule has 2 saturated heterocycles. The van der Waals surface area contributed by atoms with Gasteiger partial charge in [0.2, 0.25) is 0 Å². The molecule has 0 bridgehead atoms. The van der Waals surface area contributed by atoms with E-state index in [2.05, 4.69) is 43.5 Å². The fourth-order valence-electron chi connectivity index (χ4n) is 6.40. The van der Waals surface area contributed by atoms with Crippen LogP contribution in [0.2, 0.25) is 0 Å². The van der Waals surface area contributed by atoms with Gasteiger partial charge in [0.05, 0.1) is 5.70 Å². The molecule has 3 N–H and O–H groups in total. The first kappa shape index (κ1) is 27.0. The largest absolute Gasteiger partial charge is 0.477 e. The molecule has 7 rings (SSSR count). The molecule has 10 heteroatoms. The van der Waals surface area contributed by atoms with Crippen LogP contribution in [0, 0.1) is 11.3 Å². The number of hydrazine groups is 1. The topological polar surface area (TPSA) is 113 Å². The number of aliphatic imine (C=N–C) groups is 1. The molecule has 1 aromatic carbocycles. The first-order chi connectivity index (χ1) is 19.8. The summed E-state index contributed by atoms with van der Waals surface area (Å²) in [5.74, 6) is 0.390. The number of amides is 1. The Morgan fingerprint density at radius 3 is 2.44 bits per heavy atom. The predicted octanol–water partition coefficient (Wildman–Crippen LogP) is 3.24. The van der Waals surface area contributed by atoms with Gasteiger partial charge < -0.3 is 20.2 Å². The minimum absolute atomic E-state index is 0.0613. The van der Waals surface area contributed by atoms with Gasteiger partial charge in [0, 0.05) is 55.7 Å². The van der Waals surface area contributed by atoms with Gasteiger partial charge in [0.1, 0.15) is 11.5 Å². The third-order valence-corrected chi connectivity index (χ3v) is 8.51. The lowest BCUT2D eigenvalue weighted by molar-refractivity contribution is -0.126. The van der Waals surface area contributed by atoms with Crippen LogP contribution in [-0.4, -0.2) is 76.1 Å². The Morgan fingerprint density at radius 1 is 1.10 bits per heavy atom. The van der Waals surface area contributed by atoms with Gasteiger partial charge in [-0.3, -0.25) is 9.80 Å². The maximum Gasteiger partial charge on any atom is 0.354 e. The molecule has 1 aromatic heterocycles. The monoisotopic (exact) mass is 555 g/mol. The molecule has 4 aliphatic heterocycles. The lowest BCUT2D eigenvalue weighted by Crippen LogP contribution is -2.67. The van der Waals surface area contributed by atoms with Crippen molar-refractivity contribution < 1.29 is 14.7 Å². The standard InChI is InChI=1S/C25H31N7O3.C6H6/c1-15-4-6-30(11-15)19-7-16(2)22-28-21(29-32(22)12-19)23(33)27-17-9-25(10-17)13-31(14-25)18-3-5-26-20(8-18)24(34)35;1-2-4-6-5-3-1/h3,5,7-8,12,15,17,21,29H,4,6,9-11,13-14H2,1-2H3,(H,27,33)(H,34,35);1-6H. The number of carbonyl (C=O) groups is 2. The van der Waals surface area contributed by atoms with E-state index in [0.717, 1.165) is 56.1 Å². The highest BCUT2D eigenvalue weighted by Crippen LogP contribution is 2.49. The van der Waals surface area contributed by atoms with Crippen LogP contribution in [0.25, 0.3) is 0 Å². The van der Waals surface area contributed by atoms with Crippen LogP contribution in [-0.2, 0) is 4.79 Å². The Balaban J connectivity index is 0.000000449. The third-order valence-electron chi connectivity index (χ3n) is 8.51. The maximum atomic E-state index is 13.0. The summed E-state index contributed by atoms with van der Waals surface area (Å²) in [4.78, 5) is 37.2. The van der Waals surface area contributed by atoms with Crippen LogP contribution in [0.1, 0.15) is 43.6 Å². The molecular weight excluding hydrogens is 518 g/mol. The second-order valence-corrected chi connectivity index (χ2v) is 11.9. The number of aromatic carboxylic acids is 1. The van der Waals surface area contributed by atoms with Crippen molar-refractivity contribution in [3.05, 3.63) is 84.0 Å². The van der Waals surface area contributed by atoms with E-state index in [1.807, 2.05) is 60.6 Å². The Labute approximate surface area is 240 Å². The second-order valence-electron chi connectivity index (χ2n) is 11.9. The number of allylic oxidation sites excluding steroid dienone is 1. The van der Waals surface area contributed by atoms with Crippen LogP contribution < -0.4 is 15.6 Å². The summed E-state index contributed by atoms with van der Waals surface area (Å²) in [6.45, 7) is 8.17. The molecule has 1 aliphatic carbocycles. The zero-order valence-electron chi connectivity index (χ0n) is 23.5. The fourth-order valence-corrected chi connectivity index (χ4v) is 6.40. The number of pyridine rings is 1. The number of benzene rings is 1. The van der Waals surface area contributed by atoms with Crippen molar-refractivity contribution in [3.63, 3.8) is 0 Å². The van der Waals surface area contributed by atoms with Crippen molar-refractivity contribution in [2.24, 2.45) is 16.3 Å². The zero-order valence-corrected chi connectivity index (χ0v) is 23.5. The highest BCUT2D eigenvalue weighted by atomic mass is 16.4. The summed E-state index contributed by atoms with van der Waals surface area (Å²) in [6.07, 6.45) is 8.18. The van der Waals surface area contributed by atoms with E-state index in [0.29, 0.717) is 5.92 Å². The van der Waals surface area contributed by atoms with E-state index in [9.17, 15) is 9.59 Å². The van der Waals surface area contributed by atoms with E-state index in [1.165, 1.54) is 18.3 Å². The summed E-state index contributed by atoms with van der Waals surface area (Å²) in [5, 5.41) is 14.2. The highest BCUT2D eigenvalue weighted by molar-refractivity contribution is 6.03. The number of carboxylic acids is 1. The van der Waals surface area contributed by atoms with Gasteiger partial charge in [0.15, 0.2) is 6.17 Å². The number of amidine groups is 1. The van der Waals surface area contributed by atoms with E-state index < -0.39 is 12.1 Å². The van der Waals surface area contributed by atoms with E-state index in [1.54, 1.807) is 6.07 Å². The van der Waals surface area contributed by atoms with Crippen LogP contribution in [0.4, 0.5) is 5.69 Å². The number of aromatic nitrogens is 1. The van der Waals surface area contributed by atoms with Gasteiger partial charge >= 0.3 is 5.97 Å². The quantitative estimate of drug-likeness (QED) is 0.516. The summed E-state index contributed by atoms with van der Waals surface area (Å²) in [5.41, 5.74) is 6.61. The van der Waals surface area contributed by atoms with Gasteiger partial charge in [0.25, 0.3) is 5.91 Å². The number of nitrogens with zero attached hydrogens (tertiary/aromatic N) is 5. The molecule has 41 heavy (non-hydrogen) atoms. The molecule has 1 saturated carbocycles. The molecule has 2 unspecified atom stereocenters. The highest BCUT2D eigenvalue weighted by Gasteiger charge is 2.53. The SMILES string of the molecule is CC1=CC(N2CCC(C)C2)=CN2NC(C(=O)NC3CC4(C3)CN(c3ccnc(C(=O)O)c3)C4)N=C12.c1ccccc1. The van der Waals surface area contributed by atoms with Crippen LogP contribution in [0.5, 0.6) is 0 Å². The number of hydrogen-bond acceptors (Lipinski definition) is 8. The Bertz CT molecular complexity index is 1360. The number of anilines is 1. The van der Waals surface area contributed by atoms with Gasteiger partial charge in [-0.05, 0) is 55.9 Å². The zero-order chi connectivity index (χ0) is 28.6. The van der Waals surface area contributed by atoms with Gasteiger partial charge in [-0.15, -0.1) is 0 Å². The average Bonchev–Trinajstić information content (AvgIpc) is 3.57. The van der Waals surface area contributed by atoms with Crippen LogP contribution in [0.15, 0.2) is 83.3 Å². The van der Waals surface area contributed by atoms with Crippen molar-refractivity contribution in [2.45, 2.75) is 45.3 Å². The lowest BCUT2D eigenvalue weighted by atomic mass is 9.60. The second kappa shape index (κ2) is 11.0. The number of nitrogens with one attached hydrogen (secondary N) is 2. The summed E-state index contributed by atoms with van der Waals surface area (Å²) < 4.78 is 0. The van der Waals surface area contributed by atoms with Crippen molar-refractivity contribution in [1.29, 1.82) is 0 Å². The summed E-state index contributed by atoms with van der Waals surface area (Å²) in [7, 11) is 0. The number of carboxylic acid groups (broad SMARTS) is 1. The average molecular weight is 556 g/mol. The first-order valence-corrected chi connectivity index (χ1v) is 14.3. The molecular formula is C31H37N7O3. The molecule has 1 spiro atoms. The van der Waals surface area contributed by atoms with Crippen molar-refractivity contribution in [2.75, 3.05) is 31.1 Å². The molecule has 5 heterocycles. The van der Waals surface area contributed by atoms with Crippen LogP contribution in [0.3, 0.4) is 0 Å². The molecule has 1 amide bonds. The molecule has 2 aromatic rings. The van der Waals surface area contributed by atoms with E-state index in [-0.39, 0.29) is 23.1 Å².